The molecular weight excluding hydrogens is 266 g/mol. The van der Waals surface area contributed by atoms with Gasteiger partial charge in [-0.2, -0.15) is 0 Å². The Balaban J connectivity index is 1.62. The molecule has 19 heavy (non-hydrogen) atoms. The van der Waals surface area contributed by atoms with Crippen LogP contribution in [-0.4, -0.2) is 16.8 Å². The van der Waals surface area contributed by atoms with Gasteiger partial charge in [0.1, 0.15) is 5.69 Å². The first-order valence-electron chi connectivity index (χ1n) is 5.83. The van der Waals surface area contributed by atoms with E-state index in [1.54, 1.807) is 23.8 Å². The third kappa shape index (κ3) is 2.65. The Morgan fingerprint density at radius 2 is 2.21 bits per heavy atom. The van der Waals surface area contributed by atoms with Crippen LogP contribution in [0, 0.1) is 5.92 Å². The second-order valence-electron chi connectivity index (χ2n) is 4.23. The normalized spacial score (nSPS) is 14.1. The lowest BCUT2D eigenvalue weighted by atomic mass is 10.4. The van der Waals surface area contributed by atoms with Crippen molar-refractivity contribution in [2.75, 3.05) is 0 Å². The summed E-state index contributed by atoms with van der Waals surface area (Å²) in [4.78, 5) is 27.3. The van der Waals surface area contributed by atoms with E-state index < -0.39 is 5.91 Å². The Hall–Kier alpha value is -2.15. The van der Waals surface area contributed by atoms with Crippen LogP contribution in [0.1, 0.15) is 23.3 Å². The summed E-state index contributed by atoms with van der Waals surface area (Å²) in [5.74, 6) is 0.0957. The molecule has 2 aromatic heterocycles. The van der Waals surface area contributed by atoms with Gasteiger partial charge in [-0.1, -0.05) is 0 Å². The second kappa shape index (κ2) is 4.85. The molecule has 2 heterocycles. The third-order valence-electron chi connectivity index (χ3n) is 2.72. The van der Waals surface area contributed by atoms with Gasteiger partial charge in [0, 0.05) is 11.3 Å². The summed E-state index contributed by atoms with van der Waals surface area (Å²) in [7, 11) is 0. The molecule has 1 saturated carbocycles. The van der Waals surface area contributed by atoms with Crippen LogP contribution in [0.4, 0.5) is 0 Å². The number of carbonyl (C=O) groups excluding carboxylic acids is 2. The quantitative estimate of drug-likeness (QED) is 0.834. The van der Waals surface area contributed by atoms with Crippen molar-refractivity contribution < 1.29 is 14.0 Å². The fraction of sp³-hybridized carbons (Fsp3) is 0.250. The van der Waals surface area contributed by atoms with E-state index in [0.29, 0.717) is 10.8 Å². The highest BCUT2D eigenvalue weighted by Gasteiger charge is 2.29. The van der Waals surface area contributed by atoms with E-state index in [1.165, 1.54) is 11.3 Å². The number of hydrazine groups is 1. The van der Waals surface area contributed by atoms with Gasteiger partial charge >= 0.3 is 0 Å². The van der Waals surface area contributed by atoms with Crippen molar-refractivity contribution in [2.45, 2.75) is 12.8 Å². The maximum absolute atomic E-state index is 11.8. The highest BCUT2D eigenvalue weighted by atomic mass is 32.1. The van der Waals surface area contributed by atoms with Crippen LogP contribution in [-0.2, 0) is 4.79 Å². The van der Waals surface area contributed by atoms with Crippen molar-refractivity contribution in [1.82, 2.24) is 15.8 Å². The molecule has 2 N–H and O–H groups in total. The minimum atomic E-state index is -0.428. The second-order valence-corrected chi connectivity index (χ2v) is 5.09. The van der Waals surface area contributed by atoms with Crippen LogP contribution in [0.25, 0.3) is 10.8 Å². The van der Waals surface area contributed by atoms with Crippen molar-refractivity contribution in [3.63, 3.8) is 0 Å². The maximum Gasteiger partial charge on any atom is 0.289 e. The van der Waals surface area contributed by atoms with Crippen molar-refractivity contribution in [1.29, 1.82) is 0 Å². The molecule has 0 atom stereocenters. The van der Waals surface area contributed by atoms with E-state index in [1.807, 2.05) is 0 Å². The molecule has 6 nitrogen and oxygen atoms in total. The topological polar surface area (TPSA) is 84.2 Å². The molecule has 7 heteroatoms. The van der Waals surface area contributed by atoms with Crippen molar-refractivity contribution in [3.05, 3.63) is 29.5 Å². The number of hydrogen-bond donors (Lipinski definition) is 2. The van der Waals surface area contributed by atoms with Crippen molar-refractivity contribution >= 4 is 23.2 Å². The summed E-state index contributed by atoms with van der Waals surface area (Å²) in [5, 5.41) is 2.25. The molecule has 1 fully saturated rings. The predicted octanol–water partition coefficient (Wildman–Crippen LogP) is 1.57. The lowest BCUT2D eigenvalue weighted by Crippen LogP contribution is -2.42. The van der Waals surface area contributed by atoms with Crippen LogP contribution in [0.2, 0.25) is 0 Å². The molecule has 0 radical (unpaired) electrons. The molecule has 0 aliphatic heterocycles. The van der Waals surface area contributed by atoms with Crippen LogP contribution < -0.4 is 10.9 Å². The van der Waals surface area contributed by atoms with Gasteiger partial charge < -0.3 is 4.42 Å². The van der Waals surface area contributed by atoms with Gasteiger partial charge in [-0.05, 0) is 25.0 Å². The number of nitrogens with zero attached hydrogens (tertiary/aromatic N) is 1. The van der Waals surface area contributed by atoms with Crippen LogP contribution in [0.3, 0.4) is 0 Å². The zero-order chi connectivity index (χ0) is 13.2. The van der Waals surface area contributed by atoms with Gasteiger partial charge in [-0.15, -0.1) is 11.3 Å². The van der Waals surface area contributed by atoms with E-state index in [-0.39, 0.29) is 17.5 Å². The lowest BCUT2D eigenvalue weighted by Gasteiger charge is -2.04. The summed E-state index contributed by atoms with van der Waals surface area (Å²) in [6, 6.07) is 3.53. The number of furan rings is 1. The Morgan fingerprint density at radius 1 is 1.37 bits per heavy atom. The Morgan fingerprint density at radius 3 is 2.89 bits per heavy atom. The van der Waals surface area contributed by atoms with E-state index in [4.69, 9.17) is 4.42 Å². The molecule has 2 aromatic rings. The average molecular weight is 277 g/mol. The lowest BCUT2D eigenvalue weighted by molar-refractivity contribution is -0.123. The van der Waals surface area contributed by atoms with Crippen LogP contribution in [0.5, 0.6) is 0 Å². The average Bonchev–Trinajstić information content (AvgIpc) is 2.94. The number of nitrogens with one attached hydrogen (secondary N) is 2. The number of rotatable bonds is 3. The Labute approximate surface area is 112 Å². The smallest absolute Gasteiger partial charge is 0.289 e. The fourth-order valence-corrected chi connectivity index (χ4v) is 2.29. The summed E-state index contributed by atoms with van der Waals surface area (Å²) in [6.07, 6.45) is 3.33. The monoisotopic (exact) mass is 277 g/mol. The van der Waals surface area contributed by atoms with E-state index in [2.05, 4.69) is 15.8 Å². The highest BCUT2D eigenvalue weighted by molar-refractivity contribution is 7.13. The minimum absolute atomic E-state index is 0.0504. The first kappa shape index (κ1) is 11.9. The number of carbonyl (C=O) groups is 2. The van der Waals surface area contributed by atoms with Gasteiger partial charge in [0.25, 0.3) is 5.91 Å². The van der Waals surface area contributed by atoms with E-state index in [9.17, 15) is 9.59 Å². The zero-order valence-corrected chi connectivity index (χ0v) is 10.7. The molecule has 3 rings (SSSR count). The maximum atomic E-state index is 11.8. The summed E-state index contributed by atoms with van der Waals surface area (Å²) >= 11 is 1.31. The van der Waals surface area contributed by atoms with Gasteiger partial charge in [-0.25, -0.2) is 4.98 Å². The molecule has 0 spiro atoms. The molecule has 0 saturated heterocycles. The number of aromatic nitrogens is 1. The first-order valence-corrected chi connectivity index (χ1v) is 6.71. The first-order chi connectivity index (χ1) is 9.24. The van der Waals surface area contributed by atoms with Gasteiger partial charge in [0.2, 0.25) is 5.91 Å². The van der Waals surface area contributed by atoms with Crippen LogP contribution >= 0.6 is 11.3 Å². The number of amides is 2. The molecule has 1 aliphatic rings. The Bertz CT molecular complexity index is 602. The molecule has 98 valence electrons. The van der Waals surface area contributed by atoms with E-state index >= 15 is 0 Å². The molecule has 0 aromatic carbocycles. The minimum Gasteiger partial charge on any atom is -0.462 e. The number of thiazole rings is 1. The third-order valence-corrected chi connectivity index (χ3v) is 3.57. The molecule has 1 aliphatic carbocycles. The van der Waals surface area contributed by atoms with Gasteiger partial charge in [0.05, 0.1) is 6.26 Å². The summed E-state index contributed by atoms with van der Waals surface area (Å²) in [6.45, 7) is 0. The number of hydrogen-bond acceptors (Lipinski definition) is 5. The standard InChI is InChI=1S/C12H11N3O3S/c16-10(7-3-4-7)14-15-11(17)8-6-19-12(13-8)9-2-1-5-18-9/h1-2,5-7H,3-4H2,(H,14,16)(H,15,17). The molecule has 2 amide bonds. The molecule has 0 bridgehead atoms. The van der Waals surface area contributed by atoms with Gasteiger partial charge in [-0.3, -0.25) is 20.4 Å². The zero-order valence-electron chi connectivity index (χ0n) is 9.88. The summed E-state index contributed by atoms with van der Waals surface area (Å²) < 4.78 is 5.20. The van der Waals surface area contributed by atoms with Crippen molar-refractivity contribution in [2.24, 2.45) is 5.92 Å². The SMILES string of the molecule is O=C(NNC(=O)C1CC1)c1csc(-c2ccco2)n1. The van der Waals surface area contributed by atoms with Crippen molar-refractivity contribution in [3.8, 4) is 10.8 Å². The van der Waals surface area contributed by atoms with E-state index in [0.717, 1.165) is 12.8 Å². The van der Waals surface area contributed by atoms with Crippen LogP contribution in [0.15, 0.2) is 28.2 Å². The predicted molar refractivity (Wildman–Crippen MR) is 68.1 cm³/mol. The molecule has 0 unspecified atom stereocenters. The molecular formula is C12H11N3O3S. The fourth-order valence-electron chi connectivity index (χ4n) is 1.52. The Kier molecular flexibility index (Phi) is 3.04. The highest BCUT2D eigenvalue weighted by Crippen LogP contribution is 2.28. The van der Waals surface area contributed by atoms with Gasteiger partial charge in [0.15, 0.2) is 10.8 Å². The summed E-state index contributed by atoms with van der Waals surface area (Å²) in [5.41, 5.74) is 5.00. The largest absolute Gasteiger partial charge is 0.462 e.